The molecule has 0 bridgehead atoms. The number of hydrogen-bond donors (Lipinski definition) is 2. The van der Waals surface area contributed by atoms with Crippen molar-refractivity contribution >= 4 is 11.6 Å². The lowest BCUT2D eigenvalue weighted by molar-refractivity contribution is -0.119. The van der Waals surface area contributed by atoms with Gasteiger partial charge in [0.2, 0.25) is 17.1 Å². The van der Waals surface area contributed by atoms with Crippen LogP contribution in [-0.2, 0) is 17.6 Å². The zero-order chi connectivity index (χ0) is 27.2. The number of para-hydroxylation sites is 1. The maximum atomic E-state index is 13.4. The van der Waals surface area contributed by atoms with Gasteiger partial charge < -0.3 is 29.6 Å². The Hall–Kier alpha value is -4.20. The van der Waals surface area contributed by atoms with Crippen LogP contribution in [-0.4, -0.2) is 40.9 Å². The van der Waals surface area contributed by atoms with E-state index in [1.807, 2.05) is 36.4 Å². The minimum absolute atomic E-state index is 0.162. The molecule has 3 aromatic carbocycles. The summed E-state index contributed by atoms with van der Waals surface area (Å²) in [5, 5.41) is 6.32. The van der Waals surface area contributed by atoms with Crippen molar-refractivity contribution in [2.45, 2.75) is 32.2 Å². The number of methoxy groups -OCH3 is 4. The van der Waals surface area contributed by atoms with Crippen molar-refractivity contribution in [3.8, 4) is 34.1 Å². The zero-order valence-corrected chi connectivity index (χ0v) is 22.5. The highest BCUT2D eigenvalue weighted by molar-refractivity contribution is 5.83. The number of ether oxygens (including phenoxy) is 4. The standard InChI is InChI=1S/C30H34N2O6/c1-18(33)32-23-12-10-20-16-27(36-3)29(37-4)30(38-5)28(20)21-11-13-24(25(34)17-22(21)23)31-15-14-19-8-6-7-9-26(19)35-2/h6-9,11,13,16-17,23H,10,12,14-15H2,1-5H3,(H,31,34)(H,32,33)/t23-/m0/s1. The fraction of sp³-hybridized carbons (Fsp3) is 0.333. The van der Waals surface area contributed by atoms with Crippen molar-refractivity contribution in [1.29, 1.82) is 0 Å². The lowest BCUT2D eigenvalue weighted by Crippen LogP contribution is -2.26. The molecular formula is C30H34N2O6. The van der Waals surface area contributed by atoms with Crippen LogP contribution < -0.4 is 35.0 Å². The maximum absolute atomic E-state index is 13.4. The smallest absolute Gasteiger partial charge is 0.217 e. The Kier molecular flexibility index (Phi) is 8.41. The van der Waals surface area contributed by atoms with Crippen LogP contribution in [0.1, 0.15) is 36.1 Å². The summed E-state index contributed by atoms with van der Waals surface area (Å²) < 4.78 is 22.5. The number of hydrogen-bond acceptors (Lipinski definition) is 7. The minimum atomic E-state index is -0.349. The molecule has 0 fully saturated rings. The van der Waals surface area contributed by atoms with Crippen molar-refractivity contribution in [3.05, 3.63) is 75.4 Å². The average Bonchev–Trinajstić information content (AvgIpc) is 3.16. The van der Waals surface area contributed by atoms with E-state index in [1.165, 1.54) is 6.92 Å². The number of amides is 1. The summed E-state index contributed by atoms with van der Waals surface area (Å²) in [7, 11) is 6.38. The Morgan fingerprint density at radius 2 is 1.66 bits per heavy atom. The summed E-state index contributed by atoms with van der Waals surface area (Å²) >= 11 is 0. The summed E-state index contributed by atoms with van der Waals surface area (Å²) in [6.07, 6.45) is 1.94. The Morgan fingerprint density at radius 1 is 0.921 bits per heavy atom. The second-order valence-corrected chi connectivity index (χ2v) is 9.08. The predicted octanol–water partition coefficient (Wildman–Crippen LogP) is 4.53. The van der Waals surface area contributed by atoms with Crippen LogP contribution in [0.5, 0.6) is 23.0 Å². The molecule has 0 aromatic heterocycles. The molecule has 3 aromatic rings. The molecule has 8 nitrogen and oxygen atoms in total. The van der Waals surface area contributed by atoms with E-state index in [0.717, 1.165) is 33.6 Å². The molecule has 8 heteroatoms. The van der Waals surface area contributed by atoms with E-state index in [-0.39, 0.29) is 17.4 Å². The molecule has 0 saturated heterocycles. The van der Waals surface area contributed by atoms with Gasteiger partial charge in [-0.25, -0.2) is 0 Å². The van der Waals surface area contributed by atoms with Crippen LogP contribution in [0, 0.1) is 0 Å². The minimum Gasteiger partial charge on any atom is -0.496 e. The fourth-order valence-corrected chi connectivity index (χ4v) is 5.10. The van der Waals surface area contributed by atoms with Crippen LogP contribution in [0.3, 0.4) is 0 Å². The second-order valence-electron chi connectivity index (χ2n) is 9.08. The highest BCUT2D eigenvalue weighted by atomic mass is 16.5. The van der Waals surface area contributed by atoms with Gasteiger partial charge >= 0.3 is 0 Å². The molecule has 0 unspecified atom stereocenters. The van der Waals surface area contributed by atoms with Gasteiger partial charge in [0, 0.05) is 19.0 Å². The number of aryl methyl sites for hydroxylation is 1. The Bertz CT molecular complexity index is 1390. The van der Waals surface area contributed by atoms with Gasteiger partial charge in [-0.15, -0.1) is 0 Å². The highest BCUT2D eigenvalue weighted by Gasteiger charge is 2.29. The third-order valence-electron chi connectivity index (χ3n) is 6.82. The summed E-state index contributed by atoms with van der Waals surface area (Å²) in [6.45, 7) is 2.03. The van der Waals surface area contributed by atoms with Crippen molar-refractivity contribution in [1.82, 2.24) is 5.32 Å². The van der Waals surface area contributed by atoms with Crippen molar-refractivity contribution < 1.29 is 23.7 Å². The molecular weight excluding hydrogens is 484 g/mol. The topological polar surface area (TPSA) is 95.1 Å². The maximum Gasteiger partial charge on any atom is 0.217 e. The molecule has 0 aliphatic heterocycles. The number of anilines is 1. The van der Waals surface area contributed by atoms with Gasteiger partial charge in [0.05, 0.1) is 40.2 Å². The van der Waals surface area contributed by atoms with Crippen molar-refractivity contribution in [2.75, 3.05) is 40.3 Å². The number of rotatable bonds is 9. The van der Waals surface area contributed by atoms with Crippen LogP contribution in [0.4, 0.5) is 5.69 Å². The van der Waals surface area contributed by atoms with Gasteiger partial charge in [-0.05, 0) is 65.8 Å². The first-order valence-corrected chi connectivity index (χ1v) is 12.5. The molecule has 0 spiro atoms. The van der Waals surface area contributed by atoms with Crippen molar-refractivity contribution in [3.63, 3.8) is 0 Å². The summed E-state index contributed by atoms with van der Waals surface area (Å²) in [4.78, 5) is 25.5. The van der Waals surface area contributed by atoms with E-state index >= 15 is 0 Å². The van der Waals surface area contributed by atoms with E-state index in [4.69, 9.17) is 18.9 Å². The molecule has 0 saturated carbocycles. The number of fused-ring (bicyclic) bond motifs is 3. The Morgan fingerprint density at radius 3 is 2.34 bits per heavy atom. The Balaban J connectivity index is 1.81. The number of carbonyl (C=O) groups is 1. The molecule has 2 N–H and O–H groups in total. The lowest BCUT2D eigenvalue weighted by Gasteiger charge is -2.19. The number of carbonyl (C=O) groups excluding carboxylic acids is 1. The van der Waals surface area contributed by atoms with Gasteiger partial charge in [0.25, 0.3) is 0 Å². The molecule has 1 aliphatic rings. The monoisotopic (exact) mass is 518 g/mol. The van der Waals surface area contributed by atoms with Crippen LogP contribution in [0.15, 0.2) is 53.3 Å². The molecule has 1 aliphatic carbocycles. The normalized spacial score (nSPS) is 13.9. The zero-order valence-electron chi connectivity index (χ0n) is 22.5. The first-order chi connectivity index (χ1) is 18.4. The van der Waals surface area contributed by atoms with Gasteiger partial charge in [0.15, 0.2) is 11.5 Å². The summed E-state index contributed by atoms with van der Waals surface area (Å²) in [5.41, 5.74) is 4.69. The average molecular weight is 519 g/mol. The highest BCUT2D eigenvalue weighted by Crippen LogP contribution is 2.50. The predicted molar refractivity (Wildman–Crippen MR) is 148 cm³/mol. The molecule has 0 radical (unpaired) electrons. The van der Waals surface area contributed by atoms with Crippen LogP contribution in [0.2, 0.25) is 0 Å². The lowest BCUT2D eigenvalue weighted by atomic mass is 9.95. The van der Waals surface area contributed by atoms with Crippen LogP contribution >= 0.6 is 0 Å². The van der Waals surface area contributed by atoms with Gasteiger partial charge in [0.1, 0.15) is 5.75 Å². The van der Waals surface area contributed by atoms with E-state index in [0.29, 0.717) is 48.7 Å². The van der Waals surface area contributed by atoms with Crippen molar-refractivity contribution in [2.24, 2.45) is 0 Å². The van der Waals surface area contributed by atoms with Crippen LogP contribution in [0.25, 0.3) is 11.1 Å². The third-order valence-corrected chi connectivity index (χ3v) is 6.82. The van der Waals surface area contributed by atoms with E-state index in [2.05, 4.69) is 10.6 Å². The summed E-state index contributed by atoms with van der Waals surface area (Å²) in [5.74, 6) is 2.21. The quantitative estimate of drug-likeness (QED) is 0.430. The third kappa shape index (κ3) is 5.39. The van der Waals surface area contributed by atoms with E-state index < -0.39 is 0 Å². The van der Waals surface area contributed by atoms with E-state index in [9.17, 15) is 9.59 Å². The molecule has 4 rings (SSSR count). The van der Waals surface area contributed by atoms with E-state index in [1.54, 1.807) is 40.6 Å². The molecule has 38 heavy (non-hydrogen) atoms. The van der Waals surface area contributed by atoms with Gasteiger partial charge in [-0.3, -0.25) is 9.59 Å². The SMILES string of the molecule is COc1ccccc1CCNc1ccc2c(cc1=O)[C@@H](NC(C)=O)CCc1cc(OC)c(OC)c(OC)c1-2. The molecule has 1 atom stereocenters. The van der Waals surface area contributed by atoms with Gasteiger partial charge in [-0.1, -0.05) is 24.3 Å². The molecule has 200 valence electrons. The van der Waals surface area contributed by atoms with Gasteiger partial charge in [-0.2, -0.15) is 0 Å². The molecule has 1 amide bonds. The number of benzene rings is 2. The summed E-state index contributed by atoms with van der Waals surface area (Å²) in [6, 6.07) is 14.7. The fourth-order valence-electron chi connectivity index (χ4n) is 5.10. The Labute approximate surface area is 222 Å². The largest absolute Gasteiger partial charge is 0.496 e. The first kappa shape index (κ1) is 26.9. The first-order valence-electron chi connectivity index (χ1n) is 12.5. The molecule has 0 heterocycles. The number of nitrogens with one attached hydrogen (secondary N) is 2. The second kappa shape index (κ2) is 11.9.